The molecule has 1 aliphatic heterocycles. The summed E-state index contributed by atoms with van der Waals surface area (Å²) in [5, 5.41) is 6.39. The van der Waals surface area contributed by atoms with Gasteiger partial charge in [0.25, 0.3) is 0 Å². The second-order valence-corrected chi connectivity index (χ2v) is 4.56. The lowest BCUT2D eigenvalue weighted by Gasteiger charge is -2.13. The Bertz CT molecular complexity index is 390. The Balaban J connectivity index is 1.79. The van der Waals surface area contributed by atoms with Crippen molar-refractivity contribution in [2.75, 3.05) is 6.54 Å². The van der Waals surface area contributed by atoms with Gasteiger partial charge in [0.15, 0.2) is 0 Å². The fourth-order valence-electron chi connectivity index (χ4n) is 2.29. The van der Waals surface area contributed by atoms with Gasteiger partial charge in [-0.05, 0) is 24.0 Å². The van der Waals surface area contributed by atoms with Crippen LogP contribution in [0.5, 0.6) is 0 Å². The zero-order valence-corrected chi connectivity index (χ0v) is 10.3. The number of carbonyl (C=O) groups is 1. The second kappa shape index (κ2) is 5.82. The van der Waals surface area contributed by atoms with E-state index in [2.05, 4.69) is 41.8 Å². The van der Waals surface area contributed by atoms with Crippen molar-refractivity contribution >= 4 is 5.91 Å². The first-order valence-corrected chi connectivity index (χ1v) is 6.36. The van der Waals surface area contributed by atoms with E-state index in [4.69, 9.17) is 0 Å². The minimum absolute atomic E-state index is 0.186. The van der Waals surface area contributed by atoms with E-state index in [0.717, 1.165) is 25.9 Å². The number of aryl methyl sites for hydroxylation is 1. The van der Waals surface area contributed by atoms with E-state index in [-0.39, 0.29) is 5.91 Å². The van der Waals surface area contributed by atoms with Gasteiger partial charge in [-0.3, -0.25) is 4.79 Å². The van der Waals surface area contributed by atoms with Crippen LogP contribution >= 0.6 is 0 Å². The summed E-state index contributed by atoms with van der Waals surface area (Å²) in [6, 6.07) is 8.82. The average Bonchev–Trinajstić information content (AvgIpc) is 2.76. The Labute approximate surface area is 103 Å². The molecule has 0 bridgehead atoms. The molecule has 1 saturated heterocycles. The van der Waals surface area contributed by atoms with Gasteiger partial charge in [-0.1, -0.05) is 31.2 Å². The lowest BCUT2D eigenvalue weighted by Crippen LogP contribution is -2.35. The summed E-state index contributed by atoms with van der Waals surface area (Å²) in [4.78, 5) is 11.0. The summed E-state index contributed by atoms with van der Waals surface area (Å²) >= 11 is 0. The van der Waals surface area contributed by atoms with Crippen molar-refractivity contribution in [1.82, 2.24) is 10.6 Å². The molecule has 1 heterocycles. The largest absolute Gasteiger partial charge is 0.352 e. The van der Waals surface area contributed by atoms with Gasteiger partial charge in [-0.15, -0.1) is 0 Å². The van der Waals surface area contributed by atoms with Gasteiger partial charge in [-0.25, -0.2) is 0 Å². The topological polar surface area (TPSA) is 41.1 Å². The predicted octanol–water partition coefficient (Wildman–Crippen LogP) is 1.62. The van der Waals surface area contributed by atoms with Gasteiger partial charge in [0.05, 0.1) is 0 Å². The number of nitrogens with one attached hydrogen (secondary N) is 2. The van der Waals surface area contributed by atoms with Crippen LogP contribution in [-0.4, -0.2) is 18.5 Å². The van der Waals surface area contributed by atoms with E-state index in [1.807, 2.05) is 0 Å². The number of carbonyl (C=O) groups excluding carboxylic acids is 1. The van der Waals surface area contributed by atoms with Gasteiger partial charge in [0.1, 0.15) is 0 Å². The Morgan fingerprint density at radius 3 is 2.76 bits per heavy atom. The molecule has 92 valence electrons. The first-order valence-electron chi connectivity index (χ1n) is 6.36. The standard InChI is InChI=1S/C14H20N2O/c1-2-11-5-3-4-6-12(11)9-15-10-13-7-8-14(17)16-13/h3-6,13,15H,2,7-10H2,1H3,(H,16,17). The van der Waals surface area contributed by atoms with Crippen LogP contribution in [0, 0.1) is 0 Å². The number of benzene rings is 1. The number of amides is 1. The van der Waals surface area contributed by atoms with Crippen LogP contribution in [0.4, 0.5) is 0 Å². The smallest absolute Gasteiger partial charge is 0.220 e. The highest BCUT2D eigenvalue weighted by molar-refractivity contribution is 5.78. The molecule has 0 saturated carbocycles. The fourth-order valence-corrected chi connectivity index (χ4v) is 2.29. The molecule has 1 atom stereocenters. The number of rotatable bonds is 5. The van der Waals surface area contributed by atoms with E-state index in [1.165, 1.54) is 11.1 Å². The molecule has 2 rings (SSSR count). The molecule has 0 aromatic heterocycles. The SMILES string of the molecule is CCc1ccccc1CNCC1CCC(=O)N1. The van der Waals surface area contributed by atoms with Gasteiger partial charge in [0.2, 0.25) is 5.91 Å². The van der Waals surface area contributed by atoms with Gasteiger partial charge in [-0.2, -0.15) is 0 Å². The highest BCUT2D eigenvalue weighted by atomic mass is 16.1. The van der Waals surface area contributed by atoms with Crippen molar-refractivity contribution in [3.05, 3.63) is 35.4 Å². The lowest BCUT2D eigenvalue weighted by atomic mass is 10.1. The van der Waals surface area contributed by atoms with Gasteiger partial charge >= 0.3 is 0 Å². The molecule has 1 aliphatic rings. The summed E-state index contributed by atoms with van der Waals surface area (Å²) < 4.78 is 0. The third-order valence-corrected chi connectivity index (χ3v) is 3.29. The molecular formula is C14H20N2O. The number of hydrogen-bond donors (Lipinski definition) is 2. The summed E-state index contributed by atoms with van der Waals surface area (Å²) in [7, 11) is 0. The maximum Gasteiger partial charge on any atom is 0.220 e. The molecule has 1 aromatic carbocycles. The Morgan fingerprint density at radius 1 is 1.35 bits per heavy atom. The molecule has 2 N–H and O–H groups in total. The summed E-state index contributed by atoms with van der Waals surface area (Å²) in [6.07, 6.45) is 2.71. The van der Waals surface area contributed by atoms with Crippen LogP contribution < -0.4 is 10.6 Å². The van der Waals surface area contributed by atoms with Crippen molar-refractivity contribution in [2.45, 2.75) is 38.8 Å². The fraction of sp³-hybridized carbons (Fsp3) is 0.500. The third kappa shape index (κ3) is 3.30. The van der Waals surface area contributed by atoms with E-state index in [0.29, 0.717) is 12.5 Å². The highest BCUT2D eigenvalue weighted by Gasteiger charge is 2.19. The molecule has 1 amide bonds. The van der Waals surface area contributed by atoms with E-state index in [9.17, 15) is 4.79 Å². The molecule has 0 spiro atoms. The van der Waals surface area contributed by atoms with E-state index < -0.39 is 0 Å². The molecule has 0 radical (unpaired) electrons. The Morgan fingerprint density at radius 2 is 2.12 bits per heavy atom. The Hall–Kier alpha value is -1.35. The van der Waals surface area contributed by atoms with E-state index >= 15 is 0 Å². The third-order valence-electron chi connectivity index (χ3n) is 3.29. The van der Waals surface area contributed by atoms with Crippen molar-refractivity contribution in [2.24, 2.45) is 0 Å². The molecule has 3 heteroatoms. The zero-order chi connectivity index (χ0) is 12.1. The van der Waals surface area contributed by atoms with Crippen LogP contribution in [0.25, 0.3) is 0 Å². The van der Waals surface area contributed by atoms with Crippen molar-refractivity contribution in [1.29, 1.82) is 0 Å². The van der Waals surface area contributed by atoms with Crippen LogP contribution in [0.1, 0.15) is 30.9 Å². The zero-order valence-electron chi connectivity index (χ0n) is 10.3. The summed E-state index contributed by atoms with van der Waals surface area (Å²) in [5.41, 5.74) is 2.76. The van der Waals surface area contributed by atoms with Crippen molar-refractivity contribution < 1.29 is 4.79 Å². The normalized spacial score (nSPS) is 19.4. The first-order chi connectivity index (χ1) is 8.29. The Kier molecular flexibility index (Phi) is 4.15. The van der Waals surface area contributed by atoms with Gasteiger partial charge < -0.3 is 10.6 Å². The lowest BCUT2D eigenvalue weighted by molar-refractivity contribution is -0.119. The van der Waals surface area contributed by atoms with Crippen molar-refractivity contribution in [3.63, 3.8) is 0 Å². The summed E-state index contributed by atoms with van der Waals surface area (Å²) in [6.45, 7) is 3.93. The highest BCUT2D eigenvalue weighted by Crippen LogP contribution is 2.10. The molecule has 17 heavy (non-hydrogen) atoms. The maximum absolute atomic E-state index is 11.0. The van der Waals surface area contributed by atoms with E-state index in [1.54, 1.807) is 0 Å². The molecular weight excluding hydrogens is 212 g/mol. The quantitative estimate of drug-likeness (QED) is 0.810. The molecule has 1 fully saturated rings. The van der Waals surface area contributed by atoms with Crippen LogP contribution in [0.2, 0.25) is 0 Å². The minimum Gasteiger partial charge on any atom is -0.352 e. The van der Waals surface area contributed by atoms with Crippen LogP contribution in [0.3, 0.4) is 0 Å². The molecule has 1 unspecified atom stereocenters. The second-order valence-electron chi connectivity index (χ2n) is 4.56. The van der Waals surface area contributed by atoms with Crippen LogP contribution in [0.15, 0.2) is 24.3 Å². The minimum atomic E-state index is 0.186. The van der Waals surface area contributed by atoms with Crippen LogP contribution in [-0.2, 0) is 17.8 Å². The summed E-state index contributed by atoms with van der Waals surface area (Å²) in [5.74, 6) is 0.186. The van der Waals surface area contributed by atoms with Crippen molar-refractivity contribution in [3.8, 4) is 0 Å². The van der Waals surface area contributed by atoms with Gasteiger partial charge in [0, 0.05) is 25.6 Å². The number of hydrogen-bond acceptors (Lipinski definition) is 2. The molecule has 1 aromatic rings. The molecule has 3 nitrogen and oxygen atoms in total. The first kappa shape index (κ1) is 12.1. The average molecular weight is 232 g/mol. The maximum atomic E-state index is 11.0. The molecule has 0 aliphatic carbocycles. The predicted molar refractivity (Wildman–Crippen MR) is 68.7 cm³/mol. The monoisotopic (exact) mass is 232 g/mol.